The van der Waals surface area contributed by atoms with Crippen molar-refractivity contribution in [3.05, 3.63) is 53.7 Å². The number of rotatable bonds is 3. The Kier molecular flexibility index (Phi) is 4.69. The van der Waals surface area contributed by atoms with E-state index in [-0.39, 0.29) is 23.9 Å². The molecule has 1 N–H and O–H groups in total. The number of nitrogens with zero attached hydrogens (tertiary/aromatic N) is 6. The van der Waals surface area contributed by atoms with Crippen LogP contribution in [-0.2, 0) is 4.74 Å². The molecule has 1 fully saturated rings. The van der Waals surface area contributed by atoms with Gasteiger partial charge in [0.25, 0.3) is 0 Å². The van der Waals surface area contributed by atoms with E-state index in [0.717, 1.165) is 29.9 Å². The van der Waals surface area contributed by atoms with E-state index in [0.29, 0.717) is 29.7 Å². The average Bonchev–Trinajstić information content (AvgIpc) is 3.40. The van der Waals surface area contributed by atoms with Gasteiger partial charge in [0.05, 0.1) is 24.6 Å². The maximum Gasteiger partial charge on any atom is 0.233 e. The predicted molar refractivity (Wildman–Crippen MR) is 123 cm³/mol. The fourth-order valence-corrected chi connectivity index (χ4v) is 4.76. The fourth-order valence-electron chi connectivity index (χ4n) is 4.56. The van der Waals surface area contributed by atoms with Gasteiger partial charge in [-0.3, -0.25) is 9.89 Å². The van der Waals surface area contributed by atoms with Crippen molar-refractivity contribution in [2.75, 3.05) is 18.1 Å². The van der Waals surface area contributed by atoms with Crippen LogP contribution in [-0.4, -0.2) is 56.3 Å². The standard InChI is InChI=1S/C23H21ClN6O2/c24-15-4-5-18-20(11-15)29(13-26-18)23-25-12-19-22(28-23)30(16-6-8-32-9-7-16)21(27-19)14-2-1-3-17(31)10-14/h1-5,10-13,16,18,20,31H,6-9H2. The second-order valence-electron chi connectivity index (χ2n) is 8.14. The molecule has 0 amide bonds. The van der Waals surface area contributed by atoms with Crippen LogP contribution in [0.2, 0.25) is 0 Å². The Morgan fingerprint density at radius 1 is 1.16 bits per heavy atom. The highest BCUT2D eigenvalue weighted by Gasteiger charge is 2.33. The minimum absolute atomic E-state index is 0.0000517. The van der Waals surface area contributed by atoms with Crippen molar-refractivity contribution in [1.29, 1.82) is 0 Å². The van der Waals surface area contributed by atoms with Gasteiger partial charge in [-0.25, -0.2) is 9.97 Å². The van der Waals surface area contributed by atoms with Crippen molar-refractivity contribution in [1.82, 2.24) is 19.5 Å². The number of aromatic nitrogens is 4. The van der Waals surface area contributed by atoms with E-state index in [1.807, 2.05) is 35.3 Å². The molecule has 2 aliphatic heterocycles. The third-order valence-electron chi connectivity index (χ3n) is 6.13. The number of aromatic hydroxyl groups is 1. The van der Waals surface area contributed by atoms with Gasteiger partial charge in [-0.05, 0) is 37.1 Å². The molecule has 32 heavy (non-hydrogen) atoms. The first-order chi connectivity index (χ1) is 15.7. The maximum absolute atomic E-state index is 10.0. The Bertz CT molecular complexity index is 1280. The minimum Gasteiger partial charge on any atom is -0.508 e. The zero-order valence-electron chi connectivity index (χ0n) is 17.2. The Labute approximate surface area is 189 Å². The van der Waals surface area contributed by atoms with Gasteiger partial charge in [-0.15, -0.1) is 0 Å². The maximum atomic E-state index is 10.0. The SMILES string of the molecule is Oc1cccc(-c2nc3cnc(N4C=NC5C=CC(Cl)=CC54)nc3n2C2CCOCC2)c1. The first-order valence-corrected chi connectivity index (χ1v) is 11.0. The minimum atomic E-state index is -0.0463. The van der Waals surface area contributed by atoms with E-state index < -0.39 is 0 Å². The van der Waals surface area contributed by atoms with Crippen LogP contribution in [0.4, 0.5) is 5.95 Å². The van der Waals surface area contributed by atoms with Crippen LogP contribution < -0.4 is 4.90 Å². The number of hydrogen-bond acceptors (Lipinski definition) is 7. The van der Waals surface area contributed by atoms with Gasteiger partial charge < -0.3 is 14.4 Å². The largest absolute Gasteiger partial charge is 0.508 e. The summed E-state index contributed by atoms with van der Waals surface area (Å²) in [7, 11) is 0. The second-order valence-corrected chi connectivity index (χ2v) is 8.58. The molecule has 8 nitrogen and oxygen atoms in total. The first-order valence-electron chi connectivity index (χ1n) is 10.7. The fraction of sp³-hybridized carbons (Fsp3) is 0.304. The number of allylic oxidation sites excluding steroid dienone is 2. The molecule has 2 unspecified atom stereocenters. The molecule has 1 saturated heterocycles. The van der Waals surface area contributed by atoms with E-state index in [2.05, 4.69) is 14.5 Å². The molecule has 2 aromatic heterocycles. The van der Waals surface area contributed by atoms with Gasteiger partial charge in [0.1, 0.15) is 17.1 Å². The van der Waals surface area contributed by atoms with Crippen molar-refractivity contribution >= 4 is 35.1 Å². The topological polar surface area (TPSA) is 88.7 Å². The monoisotopic (exact) mass is 448 g/mol. The number of phenols is 1. The summed E-state index contributed by atoms with van der Waals surface area (Å²) < 4.78 is 7.76. The lowest BCUT2D eigenvalue weighted by molar-refractivity contribution is 0.0708. The molecular formula is C23H21ClN6O2. The Morgan fingerprint density at radius 2 is 2.03 bits per heavy atom. The zero-order valence-corrected chi connectivity index (χ0v) is 17.9. The van der Waals surface area contributed by atoms with Gasteiger partial charge in [0.15, 0.2) is 5.65 Å². The zero-order chi connectivity index (χ0) is 21.7. The molecule has 9 heteroatoms. The number of hydrogen-bond donors (Lipinski definition) is 1. The Hall–Kier alpha value is -3.23. The molecule has 4 heterocycles. The molecule has 0 spiro atoms. The molecule has 1 aliphatic carbocycles. The smallest absolute Gasteiger partial charge is 0.233 e. The summed E-state index contributed by atoms with van der Waals surface area (Å²) in [6.07, 6.45) is 11.1. The summed E-state index contributed by atoms with van der Waals surface area (Å²) in [5.41, 5.74) is 2.31. The quantitative estimate of drug-likeness (QED) is 0.655. The van der Waals surface area contributed by atoms with Crippen molar-refractivity contribution in [3.8, 4) is 17.1 Å². The van der Waals surface area contributed by atoms with Crippen LogP contribution >= 0.6 is 11.6 Å². The van der Waals surface area contributed by atoms with Crippen LogP contribution in [0.3, 0.4) is 0 Å². The second kappa shape index (κ2) is 7.72. The van der Waals surface area contributed by atoms with Crippen molar-refractivity contribution in [3.63, 3.8) is 0 Å². The van der Waals surface area contributed by atoms with E-state index in [4.69, 9.17) is 26.3 Å². The highest BCUT2D eigenvalue weighted by molar-refractivity contribution is 6.31. The summed E-state index contributed by atoms with van der Waals surface area (Å²) in [6.45, 7) is 1.39. The number of phenolic OH excluding ortho intramolecular Hbond substituents is 1. The van der Waals surface area contributed by atoms with Crippen molar-refractivity contribution < 1.29 is 9.84 Å². The number of halogens is 1. The summed E-state index contributed by atoms with van der Waals surface area (Å²) >= 11 is 6.25. The number of aliphatic imine (C=N–C) groups is 1. The molecule has 3 aliphatic rings. The molecule has 0 radical (unpaired) electrons. The summed E-state index contributed by atoms with van der Waals surface area (Å²) in [5.74, 6) is 1.53. The van der Waals surface area contributed by atoms with Crippen LogP contribution in [0.1, 0.15) is 18.9 Å². The average molecular weight is 449 g/mol. The predicted octanol–water partition coefficient (Wildman–Crippen LogP) is 3.83. The molecule has 0 bridgehead atoms. The van der Waals surface area contributed by atoms with Gasteiger partial charge >= 0.3 is 0 Å². The summed E-state index contributed by atoms with van der Waals surface area (Å²) in [6, 6.07) is 7.30. The third-order valence-corrected chi connectivity index (χ3v) is 6.38. The Morgan fingerprint density at radius 3 is 2.88 bits per heavy atom. The lowest BCUT2D eigenvalue weighted by atomic mass is 10.0. The van der Waals surface area contributed by atoms with Gasteiger partial charge in [0, 0.05) is 29.9 Å². The number of imidazole rings is 1. The number of fused-ring (bicyclic) bond motifs is 2. The van der Waals surface area contributed by atoms with Crippen LogP contribution in [0.15, 0.2) is 58.7 Å². The van der Waals surface area contributed by atoms with E-state index >= 15 is 0 Å². The van der Waals surface area contributed by atoms with Gasteiger partial charge in [-0.1, -0.05) is 29.8 Å². The summed E-state index contributed by atoms with van der Waals surface area (Å²) in [5, 5.41) is 10.7. The normalized spacial score (nSPS) is 23.0. The van der Waals surface area contributed by atoms with Gasteiger partial charge in [0.2, 0.25) is 5.95 Å². The molecule has 6 rings (SSSR count). The van der Waals surface area contributed by atoms with Crippen LogP contribution in [0, 0.1) is 0 Å². The first kappa shape index (κ1) is 19.5. The third kappa shape index (κ3) is 3.27. The van der Waals surface area contributed by atoms with E-state index in [1.54, 1.807) is 24.7 Å². The van der Waals surface area contributed by atoms with Crippen molar-refractivity contribution in [2.45, 2.75) is 31.0 Å². The molecule has 0 saturated carbocycles. The number of anilines is 1. The molecule has 3 aromatic rings. The number of benzene rings is 1. The van der Waals surface area contributed by atoms with E-state index in [1.165, 1.54) is 0 Å². The Balaban J connectivity index is 1.49. The van der Waals surface area contributed by atoms with Crippen LogP contribution in [0.5, 0.6) is 5.75 Å². The summed E-state index contributed by atoms with van der Waals surface area (Å²) in [4.78, 5) is 20.9. The highest BCUT2D eigenvalue weighted by Crippen LogP contribution is 2.34. The molecule has 162 valence electrons. The molecule has 2 atom stereocenters. The van der Waals surface area contributed by atoms with E-state index in [9.17, 15) is 5.11 Å². The van der Waals surface area contributed by atoms with Crippen molar-refractivity contribution in [2.24, 2.45) is 4.99 Å². The van der Waals surface area contributed by atoms with Gasteiger partial charge in [-0.2, -0.15) is 4.98 Å². The van der Waals surface area contributed by atoms with Crippen LogP contribution in [0.25, 0.3) is 22.6 Å². The lowest BCUT2D eigenvalue weighted by Crippen LogP contribution is -2.36. The lowest BCUT2D eigenvalue weighted by Gasteiger charge is -2.26. The number of ether oxygens (including phenoxy) is 1. The highest BCUT2D eigenvalue weighted by atomic mass is 35.5. The molecule has 1 aromatic carbocycles. The molecular weight excluding hydrogens is 428 g/mol.